The molecule has 0 bridgehead atoms. The number of benzene rings is 1. The quantitative estimate of drug-likeness (QED) is 0.235. The van der Waals surface area contributed by atoms with Crippen molar-refractivity contribution in [1.82, 2.24) is 10.2 Å². The number of fused-ring (bicyclic) bond motifs is 7. The summed E-state index contributed by atoms with van der Waals surface area (Å²) in [5.41, 5.74) is 3.36. The Hall–Kier alpha value is -1.71. The van der Waals surface area contributed by atoms with Gasteiger partial charge in [0.25, 0.3) is 0 Å². The third-order valence-corrected chi connectivity index (χ3v) is 19.5. The van der Waals surface area contributed by atoms with Crippen LogP contribution in [0.5, 0.6) is 0 Å². The molecule has 0 aromatic heterocycles. The molecule has 7 nitrogen and oxygen atoms in total. The fourth-order valence-electron chi connectivity index (χ4n) is 14.6. The van der Waals surface area contributed by atoms with E-state index >= 15 is 0 Å². The molecule has 1 saturated heterocycles. The maximum atomic E-state index is 12.6. The van der Waals surface area contributed by atoms with Gasteiger partial charge in [0.05, 0.1) is 17.8 Å². The van der Waals surface area contributed by atoms with Crippen LogP contribution in [-0.2, 0) is 19.0 Å². The van der Waals surface area contributed by atoms with Gasteiger partial charge >= 0.3 is 5.97 Å². The largest absolute Gasteiger partial charge is 0.478 e. The molecule has 7 rings (SSSR count). The highest BCUT2D eigenvalue weighted by molar-refractivity contribution is 8.00. The average Bonchev–Trinajstić information content (AvgIpc) is 3.49. The van der Waals surface area contributed by atoms with Gasteiger partial charge in [-0.05, 0) is 155 Å². The number of carboxylic acid groups (broad SMARTS) is 1. The predicted molar refractivity (Wildman–Crippen MR) is 218 cm³/mol. The molecule has 5 fully saturated rings. The summed E-state index contributed by atoms with van der Waals surface area (Å²) < 4.78 is 24.9. The predicted octanol–water partition coefficient (Wildman–Crippen LogP) is 7.89. The first-order chi connectivity index (χ1) is 24.9. The van der Waals surface area contributed by atoms with E-state index in [0.717, 1.165) is 44.1 Å². The van der Waals surface area contributed by atoms with E-state index < -0.39 is 15.5 Å². The van der Waals surface area contributed by atoms with Crippen LogP contribution >= 0.6 is 0 Å². The fourth-order valence-corrected chi connectivity index (χ4v) is 16.0. The highest BCUT2D eigenvalue weighted by Gasteiger charge is 2.71. The van der Waals surface area contributed by atoms with Gasteiger partial charge in [-0.25, -0.2) is 4.79 Å². The molecule has 1 aliphatic heterocycles. The lowest BCUT2D eigenvalue weighted by Crippen LogP contribution is -2.69. The molecule has 53 heavy (non-hydrogen) atoms. The molecule has 5 aliphatic carbocycles. The SMILES string of the molecule is C=S1(=O)CCN(CCN[C@]23CC[C@@H](C(C)(COC)OC)[C@@H]2[C@H]2CC[C@@H]4[C@@]5(C)CC=C(c6ccc(C(=O)O)cc6)C(C)(C)[C@@H]5CC[C@@]4(C)[C@]2(C)CC3)CC1. The molecule has 1 unspecified atom stereocenters. The monoisotopic (exact) mass is 751 g/mol. The minimum atomic E-state index is -1.89. The number of allylic oxidation sites excluding steroid dienone is 2. The highest BCUT2D eigenvalue weighted by Crippen LogP contribution is 2.77. The Morgan fingerprint density at radius 2 is 1.66 bits per heavy atom. The normalized spacial score (nSPS) is 41.6. The number of hydrogen-bond donors (Lipinski definition) is 2. The maximum absolute atomic E-state index is 12.6. The standard InChI is InChI=1S/C45H70N2O5S/c1-40(2)33(31-10-12-32(13-11-31)39(48)49)16-19-41(3)36(40)18-20-43(5)37(41)15-14-34-38-35(44(6,52-8)30-51-7)17-21-45(38,23-22-42(34,43)4)46-24-25-47-26-28-53(9,50)29-27-47/h10-13,16,34-38,46H,9,14-15,17-30H2,1-8H3,(H,48,49)/t34-,35-,36+,37-,38+,41+,42-,43-,44?,45+/m1/s1. The molecule has 4 saturated carbocycles. The van der Waals surface area contributed by atoms with E-state index in [4.69, 9.17) is 9.47 Å². The van der Waals surface area contributed by atoms with Crippen LogP contribution < -0.4 is 5.32 Å². The van der Waals surface area contributed by atoms with Crippen LogP contribution in [0.15, 0.2) is 30.3 Å². The van der Waals surface area contributed by atoms with E-state index in [1.54, 1.807) is 12.1 Å². The highest BCUT2D eigenvalue weighted by atomic mass is 32.2. The smallest absolute Gasteiger partial charge is 0.335 e. The molecule has 0 amide bonds. The van der Waals surface area contributed by atoms with Crippen molar-refractivity contribution in [1.29, 1.82) is 0 Å². The fraction of sp³-hybridized carbons (Fsp3) is 0.778. The summed E-state index contributed by atoms with van der Waals surface area (Å²) in [6.45, 7) is 19.7. The number of methoxy groups -OCH3 is 2. The third-order valence-electron chi connectivity index (χ3n) is 17.6. The molecule has 296 valence electrons. The molecule has 1 heterocycles. The number of rotatable bonds is 10. The van der Waals surface area contributed by atoms with E-state index in [2.05, 4.69) is 63.7 Å². The van der Waals surface area contributed by atoms with Crippen LogP contribution in [0.1, 0.15) is 115 Å². The van der Waals surface area contributed by atoms with E-state index in [-0.39, 0.29) is 32.8 Å². The Labute approximate surface area is 321 Å². The second kappa shape index (κ2) is 13.7. The lowest BCUT2D eigenvalue weighted by molar-refractivity contribution is -0.228. The van der Waals surface area contributed by atoms with E-state index in [1.165, 1.54) is 62.5 Å². The van der Waals surface area contributed by atoms with Gasteiger partial charge in [-0.3, -0.25) is 4.21 Å². The van der Waals surface area contributed by atoms with Crippen molar-refractivity contribution in [3.8, 4) is 0 Å². The maximum Gasteiger partial charge on any atom is 0.335 e. The van der Waals surface area contributed by atoms with Crippen molar-refractivity contribution in [2.45, 2.75) is 110 Å². The van der Waals surface area contributed by atoms with Gasteiger partial charge in [0.15, 0.2) is 0 Å². The van der Waals surface area contributed by atoms with Gasteiger partial charge in [-0.15, -0.1) is 0 Å². The lowest BCUT2D eigenvalue weighted by Gasteiger charge is -2.72. The average molecular weight is 751 g/mol. The number of aromatic carboxylic acids is 1. The van der Waals surface area contributed by atoms with Gasteiger partial charge in [0, 0.05) is 57.4 Å². The number of carboxylic acids is 1. The van der Waals surface area contributed by atoms with Crippen LogP contribution in [0.4, 0.5) is 0 Å². The number of hydrogen-bond acceptors (Lipinski definition) is 6. The molecular formula is C45H70N2O5S. The van der Waals surface area contributed by atoms with Crippen molar-refractivity contribution in [3.05, 3.63) is 41.5 Å². The topological polar surface area (TPSA) is 88.1 Å². The summed E-state index contributed by atoms with van der Waals surface area (Å²) >= 11 is 0. The Morgan fingerprint density at radius 3 is 2.30 bits per heavy atom. The first kappa shape index (κ1) is 39.5. The van der Waals surface area contributed by atoms with Crippen LogP contribution in [-0.4, -0.2) is 95.7 Å². The number of carbonyl (C=O) groups is 1. The Bertz CT molecular complexity index is 1680. The molecule has 8 heteroatoms. The van der Waals surface area contributed by atoms with Crippen molar-refractivity contribution < 1.29 is 23.6 Å². The molecular weight excluding hydrogens is 681 g/mol. The minimum absolute atomic E-state index is 0.00205. The van der Waals surface area contributed by atoms with Gasteiger partial charge in [0.1, 0.15) is 0 Å². The molecule has 0 radical (unpaired) electrons. The summed E-state index contributed by atoms with van der Waals surface area (Å²) in [7, 11) is 1.84. The minimum Gasteiger partial charge on any atom is -0.478 e. The second-order valence-electron chi connectivity index (χ2n) is 20.0. The van der Waals surface area contributed by atoms with Crippen molar-refractivity contribution in [2.75, 3.05) is 58.5 Å². The lowest BCUT2D eigenvalue weighted by atomic mass is 9.32. The summed E-state index contributed by atoms with van der Waals surface area (Å²) in [6, 6.07) is 7.61. The van der Waals surface area contributed by atoms with Crippen LogP contribution in [0, 0.1) is 51.2 Å². The Morgan fingerprint density at radius 1 is 0.962 bits per heavy atom. The van der Waals surface area contributed by atoms with Crippen molar-refractivity contribution in [2.24, 2.45) is 51.2 Å². The van der Waals surface area contributed by atoms with Gasteiger partial charge in [0.2, 0.25) is 0 Å². The van der Waals surface area contributed by atoms with Crippen molar-refractivity contribution in [3.63, 3.8) is 0 Å². The zero-order valence-electron chi connectivity index (χ0n) is 34.2. The Balaban J connectivity index is 1.18. The van der Waals surface area contributed by atoms with Gasteiger partial charge in [-0.1, -0.05) is 52.8 Å². The van der Waals surface area contributed by atoms with Crippen molar-refractivity contribution >= 4 is 26.9 Å². The number of nitrogens with zero attached hydrogens (tertiary/aromatic N) is 1. The first-order valence-electron chi connectivity index (χ1n) is 20.8. The molecule has 1 aromatic carbocycles. The summed E-state index contributed by atoms with van der Waals surface area (Å²) in [5, 5.41) is 13.8. The number of ether oxygens (including phenoxy) is 2. The molecule has 2 N–H and O–H groups in total. The second-order valence-corrected chi connectivity index (χ2v) is 22.8. The number of nitrogens with one attached hydrogen (secondary N) is 1. The van der Waals surface area contributed by atoms with Gasteiger partial charge < -0.3 is 24.8 Å². The molecule has 0 spiro atoms. The van der Waals surface area contributed by atoms with E-state index in [9.17, 15) is 14.1 Å². The zero-order chi connectivity index (χ0) is 38.2. The van der Waals surface area contributed by atoms with Crippen LogP contribution in [0.2, 0.25) is 0 Å². The van der Waals surface area contributed by atoms with Gasteiger partial charge in [-0.2, -0.15) is 0 Å². The summed E-state index contributed by atoms with van der Waals surface area (Å²) in [5.74, 6) is 7.35. The first-order valence-corrected chi connectivity index (χ1v) is 22.8. The van der Waals surface area contributed by atoms with E-state index in [0.29, 0.717) is 41.8 Å². The molecule has 10 atom stereocenters. The summed E-state index contributed by atoms with van der Waals surface area (Å²) in [4.78, 5) is 14.1. The van der Waals surface area contributed by atoms with Crippen LogP contribution in [0.25, 0.3) is 5.57 Å². The third kappa shape index (κ3) is 6.22. The van der Waals surface area contributed by atoms with E-state index in [1.807, 2.05) is 26.4 Å². The zero-order valence-corrected chi connectivity index (χ0v) is 35.0. The Kier molecular flexibility index (Phi) is 10.2. The van der Waals surface area contributed by atoms with Crippen LogP contribution in [0.3, 0.4) is 0 Å². The molecule has 6 aliphatic rings. The molecule has 1 aromatic rings. The summed E-state index contributed by atoms with van der Waals surface area (Å²) in [6.07, 6.45) is 13.5.